The molecule has 0 spiro atoms. The van der Waals surface area contributed by atoms with Crippen molar-refractivity contribution in [2.45, 2.75) is 12.8 Å². The molecule has 1 aromatic heterocycles. The van der Waals surface area contributed by atoms with Gasteiger partial charge in [-0.05, 0) is 36.4 Å². The fourth-order valence-corrected chi connectivity index (χ4v) is 4.21. The quantitative estimate of drug-likeness (QED) is 0.495. The minimum atomic E-state index is -0.0163. The van der Waals surface area contributed by atoms with Crippen molar-refractivity contribution >= 4 is 28.3 Å². The fraction of sp³-hybridized carbons (Fsp3) is 0.231. The predicted molar refractivity (Wildman–Crippen MR) is 127 cm³/mol. The van der Waals surface area contributed by atoms with Gasteiger partial charge in [-0.15, -0.1) is 0 Å². The fourth-order valence-electron chi connectivity index (χ4n) is 4.21. The highest BCUT2D eigenvalue weighted by molar-refractivity contribution is 5.94. The van der Waals surface area contributed by atoms with Gasteiger partial charge in [0.1, 0.15) is 5.82 Å². The summed E-state index contributed by atoms with van der Waals surface area (Å²) in [6.07, 6.45) is 0.905. The van der Waals surface area contributed by atoms with Crippen molar-refractivity contribution < 1.29 is 9.53 Å². The zero-order chi connectivity index (χ0) is 21.8. The van der Waals surface area contributed by atoms with Crippen LogP contribution in [0.15, 0.2) is 78.9 Å². The Morgan fingerprint density at radius 3 is 2.47 bits per heavy atom. The average molecular weight is 427 g/mol. The molecule has 5 rings (SSSR count). The van der Waals surface area contributed by atoms with Crippen LogP contribution >= 0.6 is 0 Å². The topological polar surface area (TPSA) is 59.4 Å². The molecule has 32 heavy (non-hydrogen) atoms. The van der Waals surface area contributed by atoms with Crippen LogP contribution in [0, 0.1) is 0 Å². The molecule has 0 atom stereocenters. The molecule has 0 radical (unpaired) electrons. The molecule has 1 N–H and O–H groups in total. The monoisotopic (exact) mass is 426 g/mol. The van der Waals surface area contributed by atoms with Gasteiger partial charge >= 0.3 is 0 Å². The van der Waals surface area contributed by atoms with Gasteiger partial charge < -0.3 is 15.0 Å². The summed E-state index contributed by atoms with van der Waals surface area (Å²) < 4.78 is 7.61. The number of nitrogens with zero attached hydrogens (tertiary/aromatic N) is 3. The lowest BCUT2D eigenvalue weighted by Gasteiger charge is -2.30. The Kier molecular flexibility index (Phi) is 5.85. The van der Waals surface area contributed by atoms with Gasteiger partial charge in [-0.1, -0.05) is 42.5 Å². The van der Waals surface area contributed by atoms with Gasteiger partial charge in [0, 0.05) is 31.6 Å². The van der Waals surface area contributed by atoms with E-state index in [0.717, 1.165) is 47.0 Å². The number of imidazole rings is 1. The number of anilines is 2. The van der Waals surface area contributed by atoms with Crippen LogP contribution in [0.1, 0.15) is 12.2 Å². The molecule has 1 aliphatic rings. The maximum Gasteiger partial charge on any atom is 0.224 e. The second-order valence-electron chi connectivity index (χ2n) is 7.85. The first-order chi connectivity index (χ1) is 15.8. The Hall–Kier alpha value is -3.64. The molecule has 6 nitrogen and oxygen atoms in total. The van der Waals surface area contributed by atoms with Crippen LogP contribution in [0.4, 0.5) is 11.4 Å². The van der Waals surface area contributed by atoms with Gasteiger partial charge in [0.2, 0.25) is 5.91 Å². The van der Waals surface area contributed by atoms with E-state index in [1.54, 1.807) is 0 Å². The molecule has 1 fully saturated rings. The number of aromatic nitrogens is 2. The molecular weight excluding hydrogens is 400 g/mol. The Morgan fingerprint density at radius 1 is 0.906 bits per heavy atom. The summed E-state index contributed by atoms with van der Waals surface area (Å²) in [4.78, 5) is 20.0. The molecule has 162 valence electrons. The number of aryl methyl sites for hydroxylation is 1. The zero-order valence-corrected chi connectivity index (χ0v) is 17.9. The van der Waals surface area contributed by atoms with E-state index in [1.165, 1.54) is 0 Å². The third-order valence-electron chi connectivity index (χ3n) is 5.75. The minimum absolute atomic E-state index is 0.0163. The van der Waals surface area contributed by atoms with Crippen LogP contribution in [-0.2, 0) is 16.0 Å². The second kappa shape index (κ2) is 9.24. The number of ether oxygens (including phenoxy) is 1. The second-order valence-corrected chi connectivity index (χ2v) is 7.85. The molecule has 0 saturated carbocycles. The normalized spacial score (nSPS) is 13.9. The highest BCUT2D eigenvalue weighted by Crippen LogP contribution is 2.27. The third-order valence-corrected chi connectivity index (χ3v) is 5.75. The number of benzene rings is 3. The molecular formula is C26H26N4O2. The number of nitrogens with one attached hydrogen (secondary N) is 1. The molecule has 1 aliphatic heterocycles. The molecule has 0 bridgehead atoms. The first kappa shape index (κ1) is 20.3. The SMILES string of the molecule is O=C(CCc1nc2ccccc2n1-c1ccccc1)Nc1ccccc1N1CCOCC1. The van der Waals surface area contributed by atoms with Crippen LogP contribution in [0.5, 0.6) is 0 Å². The molecule has 3 aromatic carbocycles. The van der Waals surface area contributed by atoms with E-state index in [9.17, 15) is 4.79 Å². The summed E-state index contributed by atoms with van der Waals surface area (Å²) in [5, 5.41) is 3.11. The Labute approximate surface area is 187 Å². The van der Waals surface area contributed by atoms with Gasteiger partial charge in [-0.3, -0.25) is 9.36 Å². The van der Waals surface area contributed by atoms with Crippen LogP contribution in [0.2, 0.25) is 0 Å². The van der Waals surface area contributed by atoms with E-state index in [-0.39, 0.29) is 5.91 Å². The summed E-state index contributed by atoms with van der Waals surface area (Å²) >= 11 is 0. The van der Waals surface area contributed by atoms with Gasteiger partial charge in [0.25, 0.3) is 0 Å². The molecule has 4 aromatic rings. The highest BCUT2D eigenvalue weighted by Gasteiger charge is 2.17. The molecule has 0 aliphatic carbocycles. The number of carbonyl (C=O) groups excluding carboxylic acids is 1. The lowest BCUT2D eigenvalue weighted by molar-refractivity contribution is -0.116. The number of para-hydroxylation sites is 5. The maximum absolute atomic E-state index is 12.9. The summed E-state index contributed by atoms with van der Waals surface area (Å²) in [5.74, 6) is 0.867. The van der Waals surface area contributed by atoms with Crippen molar-refractivity contribution in [1.82, 2.24) is 9.55 Å². The van der Waals surface area contributed by atoms with Crippen molar-refractivity contribution in [2.24, 2.45) is 0 Å². The number of amides is 1. The molecule has 1 saturated heterocycles. The number of fused-ring (bicyclic) bond motifs is 1. The number of carbonyl (C=O) groups is 1. The van der Waals surface area contributed by atoms with E-state index in [0.29, 0.717) is 26.1 Å². The van der Waals surface area contributed by atoms with E-state index in [2.05, 4.69) is 39.0 Å². The van der Waals surface area contributed by atoms with Crippen molar-refractivity contribution in [3.8, 4) is 5.69 Å². The third kappa shape index (κ3) is 4.22. The molecule has 2 heterocycles. The van der Waals surface area contributed by atoms with E-state index in [4.69, 9.17) is 9.72 Å². The summed E-state index contributed by atoms with van der Waals surface area (Å²) in [5.41, 5.74) is 4.92. The van der Waals surface area contributed by atoms with Gasteiger partial charge in [0.05, 0.1) is 35.6 Å². The summed E-state index contributed by atoms with van der Waals surface area (Å²) in [6, 6.07) is 26.2. The van der Waals surface area contributed by atoms with E-state index in [1.807, 2.05) is 54.6 Å². The molecule has 0 unspecified atom stereocenters. The molecule has 6 heteroatoms. The standard InChI is InChI=1S/C26H26N4O2/c31-26(28-21-10-4-6-12-23(21)29-16-18-32-19-17-29)15-14-25-27-22-11-5-7-13-24(22)30(25)20-8-2-1-3-9-20/h1-13H,14-19H2,(H,28,31). The van der Waals surface area contributed by atoms with Crippen LogP contribution < -0.4 is 10.2 Å². The van der Waals surface area contributed by atoms with Crippen LogP contribution in [0.25, 0.3) is 16.7 Å². The lowest BCUT2D eigenvalue weighted by Crippen LogP contribution is -2.36. The Bertz CT molecular complexity index is 1210. The van der Waals surface area contributed by atoms with Crippen LogP contribution in [0.3, 0.4) is 0 Å². The minimum Gasteiger partial charge on any atom is -0.378 e. The highest BCUT2D eigenvalue weighted by atomic mass is 16.5. The largest absolute Gasteiger partial charge is 0.378 e. The van der Waals surface area contributed by atoms with Gasteiger partial charge in [-0.25, -0.2) is 4.98 Å². The maximum atomic E-state index is 12.9. The van der Waals surface area contributed by atoms with E-state index < -0.39 is 0 Å². The number of rotatable bonds is 6. The Balaban J connectivity index is 1.34. The van der Waals surface area contributed by atoms with Crippen molar-refractivity contribution in [3.63, 3.8) is 0 Å². The first-order valence-electron chi connectivity index (χ1n) is 11.0. The number of morpholine rings is 1. The number of hydrogen-bond donors (Lipinski definition) is 1. The van der Waals surface area contributed by atoms with Gasteiger partial charge in [-0.2, -0.15) is 0 Å². The smallest absolute Gasteiger partial charge is 0.224 e. The summed E-state index contributed by atoms with van der Waals surface area (Å²) in [6.45, 7) is 3.07. The van der Waals surface area contributed by atoms with Crippen molar-refractivity contribution in [2.75, 3.05) is 36.5 Å². The van der Waals surface area contributed by atoms with E-state index >= 15 is 0 Å². The zero-order valence-electron chi connectivity index (χ0n) is 17.9. The predicted octanol–water partition coefficient (Wildman–Crippen LogP) is 4.43. The van der Waals surface area contributed by atoms with Crippen molar-refractivity contribution in [3.05, 3.63) is 84.7 Å². The molecule has 1 amide bonds. The lowest BCUT2D eigenvalue weighted by atomic mass is 10.2. The summed E-state index contributed by atoms with van der Waals surface area (Å²) in [7, 11) is 0. The number of hydrogen-bond acceptors (Lipinski definition) is 4. The average Bonchev–Trinajstić information content (AvgIpc) is 3.23. The van der Waals surface area contributed by atoms with Crippen molar-refractivity contribution in [1.29, 1.82) is 0 Å². The Morgan fingerprint density at radius 2 is 1.62 bits per heavy atom. The van der Waals surface area contributed by atoms with Gasteiger partial charge in [0.15, 0.2) is 0 Å². The first-order valence-corrected chi connectivity index (χ1v) is 11.0. The van der Waals surface area contributed by atoms with Crippen LogP contribution in [-0.4, -0.2) is 41.8 Å².